The van der Waals surface area contributed by atoms with Crippen molar-refractivity contribution in [3.63, 3.8) is 0 Å². The zero-order chi connectivity index (χ0) is 19.7. The highest BCUT2D eigenvalue weighted by molar-refractivity contribution is 7.92. The third-order valence-corrected chi connectivity index (χ3v) is 6.30. The second-order valence-corrected chi connectivity index (χ2v) is 8.24. The topological polar surface area (TPSA) is 67.6 Å². The molecule has 0 aliphatic heterocycles. The van der Waals surface area contributed by atoms with Gasteiger partial charge in [0.25, 0.3) is 10.0 Å². The van der Waals surface area contributed by atoms with Crippen LogP contribution in [0.5, 0.6) is 0 Å². The van der Waals surface area contributed by atoms with E-state index in [9.17, 15) is 12.8 Å². The minimum Gasteiger partial charge on any atom is -0.288 e. The molecule has 142 valence electrons. The number of hydrogen-bond donors (Lipinski definition) is 0. The maximum Gasteiger partial charge on any atom is 0.266 e. The largest absolute Gasteiger partial charge is 0.288 e. The van der Waals surface area contributed by atoms with Crippen molar-refractivity contribution >= 4 is 21.4 Å². The van der Waals surface area contributed by atoms with E-state index in [1.54, 1.807) is 10.5 Å². The second-order valence-electron chi connectivity index (χ2n) is 6.38. The van der Waals surface area contributed by atoms with Gasteiger partial charge in [-0.15, -0.1) is 10.2 Å². The first-order valence-electron chi connectivity index (χ1n) is 8.57. The summed E-state index contributed by atoms with van der Waals surface area (Å²) in [5, 5.41) is 7.68. The lowest BCUT2D eigenvalue weighted by atomic mass is 10.1. The fourth-order valence-electron chi connectivity index (χ4n) is 2.95. The van der Waals surface area contributed by atoms with E-state index in [2.05, 4.69) is 10.2 Å². The fraction of sp³-hybridized carbons (Fsp3) is 0.100. The maximum atomic E-state index is 13.5. The Labute approximate surface area is 161 Å². The Morgan fingerprint density at radius 3 is 2.54 bits per heavy atom. The Balaban J connectivity index is 1.83. The highest BCUT2D eigenvalue weighted by Gasteiger charge is 2.26. The molecule has 2 heterocycles. The minimum absolute atomic E-state index is 0.0951. The number of fused-ring (bicyclic) bond motifs is 1. The number of hydrogen-bond acceptors (Lipinski definition) is 4. The lowest BCUT2D eigenvalue weighted by Gasteiger charge is -2.25. The van der Waals surface area contributed by atoms with Gasteiger partial charge in [-0.3, -0.25) is 8.71 Å². The van der Waals surface area contributed by atoms with Crippen molar-refractivity contribution in [3.8, 4) is 0 Å². The van der Waals surface area contributed by atoms with E-state index < -0.39 is 15.8 Å². The third kappa shape index (κ3) is 3.34. The average molecular weight is 396 g/mol. The SMILES string of the molecule is Cc1ccccc1CN(c1ccc(F)cc1)S(=O)(=O)c1ccc2nncn2c1. The van der Waals surface area contributed by atoms with Crippen molar-refractivity contribution < 1.29 is 12.8 Å². The highest BCUT2D eigenvalue weighted by Crippen LogP contribution is 2.27. The molecule has 0 unspecified atom stereocenters. The first kappa shape index (κ1) is 18.1. The fourth-order valence-corrected chi connectivity index (χ4v) is 4.40. The predicted octanol–water partition coefficient (Wildman–Crippen LogP) is 3.57. The summed E-state index contributed by atoms with van der Waals surface area (Å²) in [6, 6.07) is 16.1. The molecule has 0 N–H and O–H groups in total. The molecule has 28 heavy (non-hydrogen) atoms. The lowest BCUT2D eigenvalue weighted by molar-refractivity contribution is 0.589. The number of rotatable bonds is 5. The summed E-state index contributed by atoms with van der Waals surface area (Å²) in [5.74, 6) is -0.428. The molecule has 0 fully saturated rings. The van der Waals surface area contributed by atoms with E-state index in [1.165, 1.54) is 47.2 Å². The molecule has 2 aromatic heterocycles. The third-order valence-electron chi connectivity index (χ3n) is 4.54. The molecule has 4 rings (SSSR count). The molecule has 0 bridgehead atoms. The van der Waals surface area contributed by atoms with Crippen LogP contribution in [0.2, 0.25) is 0 Å². The standard InChI is InChI=1S/C20H17FN4O2S/c1-15-4-2-3-5-16(15)12-25(18-8-6-17(21)7-9-18)28(26,27)19-10-11-20-23-22-14-24(20)13-19/h2-11,13-14H,12H2,1H3. The van der Waals surface area contributed by atoms with Crippen LogP contribution in [0.15, 0.2) is 78.1 Å². The summed E-state index contributed by atoms with van der Waals surface area (Å²) in [6.45, 7) is 2.05. The molecule has 0 radical (unpaired) electrons. The van der Waals surface area contributed by atoms with Crippen molar-refractivity contribution in [2.45, 2.75) is 18.4 Å². The Morgan fingerprint density at radius 2 is 1.79 bits per heavy atom. The number of aryl methyl sites for hydroxylation is 1. The number of nitrogens with zero attached hydrogens (tertiary/aromatic N) is 4. The second kappa shape index (κ2) is 7.05. The molecule has 0 atom stereocenters. The van der Waals surface area contributed by atoms with Crippen molar-refractivity contribution in [2.24, 2.45) is 0 Å². The van der Waals surface area contributed by atoms with Crippen LogP contribution in [-0.2, 0) is 16.6 Å². The van der Waals surface area contributed by atoms with Gasteiger partial charge < -0.3 is 0 Å². The first-order chi connectivity index (χ1) is 13.4. The van der Waals surface area contributed by atoms with Crippen molar-refractivity contribution in [1.29, 1.82) is 0 Å². The molecule has 6 nitrogen and oxygen atoms in total. The summed E-state index contributed by atoms with van der Waals surface area (Å²) in [4.78, 5) is 0.0951. The van der Waals surface area contributed by atoms with Crippen LogP contribution >= 0.6 is 0 Å². The van der Waals surface area contributed by atoms with Gasteiger partial charge in [-0.2, -0.15) is 0 Å². The van der Waals surface area contributed by atoms with E-state index in [0.717, 1.165) is 11.1 Å². The molecule has 0 aliphatic carbocycles. The predicted molar refractivity (Wildman–Crippen MR) is 104 cm³/mol. The molecule has 8 heteroatoms. The van der Waals surface area contributed by atoms with Gasteiger partial charge in [0.2, 0.25) is 0 Å². The van der Waals surface area contributed by atoms with E-state index >= 15 is 0 Å². The number of benzene rings is 2. The molecule has 0 aliphatic rings. The highest BCUT2D eigenvalue weighted by atomic mass is 32.2. The van der Waals surface area contributed by atoms with Gasteiger partial charge in [0, 0.05) is 6.20 Å². The number of anilines is 1. The van der Waals surface area contributed by atoms with E-state index in [-0.39, 0.29) is 11.4 Å². The molecule has 0 spiro atoms. The van der Waals surface area contributed by atoms with Gasteiger partial charge in [0.15, 0.2) is 5.65 Å². The Kier molecular flexibility index (Phi) is 4.56. The zero-order valence-electron chi connectivity index (χ0n) is 15.0. The van der Waals surface area contributed by atoms with Gasteiger partial charge in [-0.1, -0.05) is 24.3 Å². The normalized spacial score (nSPS) is 11.6. The summed E-state index contributed by atoms with van der Waals surface area (Å²) in [5.41, 5.74) is 2.76. The van der Waals surface area contributed by atoms with Gasteiger partial charge in [0.05, 0.1) is 12.2 Å². The van der Waals surface area contributed by atoms with Crippen molar-refractivity contribution in [2.75, 3.05) is 4.31 Å². The number of halogens is 1. The van der Waals surface area contributed by atoms with E-state index in [0.29, 0.717) is 11.3 Å². The van der Waals surface area contributed by atoms with Gasteiger partial charge in [-0.25, -0.2) is 12.8 Å². The molecular formula is C20H17FN4O2S. The van der Waals surface area contributed by atoms with Gasteiger partial charge in [0.1, 0.15) is 17.0 Å². The number of aromatic nitrogens is 3. The maximum absolute atomic E-state index is 13.5. The van der Waals surface area contributed by atoms with Crippen molar-refractivity contribution in [1.82, 2.24) is 14.6 Å². The van der Waals surface area contributed by atoms with Gasteiger partial charge in [-0.05, 0) is 54.4 Å². The van der Waals surface area contributed by atoms with Crippen LogP contribution < -0.4 is 4.31 Å². The molecule has 0 saturated carbocycles. The summed E-state index contributed by atoms with van der Waals surface area (Å²) in [7, 11) is -3.92. The Morgan fingerprint density at radius 1 is 1.04 bits per heavy atom. The molecule has 0 amide bonds. The first-order valence-corrected chi connectivity index (χ1v) is 10.0. The molecule has 0 saturated heterocycles. The Bertz CT molecular complexity index is 1240. The minimum atomic E-state index is -3.92. The summed E-state index contributed by atoms with van der Waals surface area (Å²) in [6.07, 6.45) is 2.91. The quantitative estimate of drug-likeness (QED) is 0.517. The molecular weight excluding hydrogens is 379 g/mol. The molecule has 2 aromatic carbocycles. The average Bonchev–Trinajstić information content (AvgIpc) is 3.16. The van der Waals surface area contributed by atoms with Crippen molar-refractivity contribution in [3.05, 3.63) is 90.1 Å². The van der Waals surface area contributed by atoms with Crippen LogP contribution in [0.4, 0.5) is 10.1 Å². The van der Waals surface area contributed by atoms with Crippen LogP contribution in [0.3, 0.4) is 0 Å². The monoisotopic (exact) mass is 396 g/mol. The van der Waals surface area contributed by atoms with Crippen LogP contribution in [0.25, 0.3) is 5.65 Å². The zero-order valence-corrected chi connectivity index (χ0v) is 15.8. The smallest absolute Gasteiger partial charge is 0.266 e. The lowest BCUT2D eigenvalue weighted by Crippen LogP contribution is -2.31. The van der Waals surface area contributed by atoms with Gasteiger partial charge >= 0.3 is 0 Å². The Hall–Kier alpha value is -3.26. The van der Waals surface area contributed by atoms with Crippen LogP contribution in [0, 0.1) is 12.7 Å². The van der Waals surface area contributed by atoms with Crippen LogP contribution in [-0.4, -0.2) is 23.0 Å². The molecule has 4 aromatic rings. The number of sulfonamides is 1. The van der Waals surface area contributed by atoms with E-state index in [1.807, 2.05) is 31.2 Å². The number of pyridine rings is 1. The summed E-state index contributed by atoms with van der Waals surface area (Å²) < 4.78 is 43.2. The van der Waals surface area contributed by atoms with E-state index in [4.69, 9.17) is 0 Å². The summed E-state index contributed by atoms with van der Waals surface area (Å²) >= 11 is 0. The van der Waals surface area contributed by atoms with Crippen LogP contribution in [0.1, 0.15) is 11.1 Å².